The highest BCUT2D eigenvalue weighted by atomic mass is 32.1. The average molecular weight is 948 g/mol. The molecule has 1 spiro atoms. The number of thiophene rings is 1. The molecule has 16 rings (SSSR count). The second-order valence-corrected chi connectivity index (χ2v) is 21.7. The summed E-state index contributed by atoms with van der Waals surface area (Å²) in [5.41, 5.74) is 24.7. The molecule has 3 aliphatic carbocycles. The number of hydrogen-bond donors (Lipinski definition) is 0. The van der Waals surface area contributed by atoms with Crippen LogP contribution in [-0.4, -0.2) is 0 Å². The summed E-state index contributed by atoms with van der Waals surface area (Å²) < 4.78 is 9.99. The number of ether oxygens (including phenoxy) is 1. The molecule has 0 radical (unpaired) electrons. The van der Waals surface area contributed by atoms with Gasteiger partial charge in [0.05, 0.1) is 11.1 Å². The van der Waals surface area contributed by atoms with Crippen molar-refractivity contribution < 1.29 is 4.74 Å². The number of para-hydroxylation sites is 2. The maximum atomic E-state index is 7.36. The molecule has 0 saturated carbocycles. The second-order valence-electron chi connectivity index (χ2n) is 20.6. The highest BCUT2D eigenvalue weighted by Gasteiger charge is 2.51. The molecule has 4 aliphatic rings. The summed E-state index contributed by atoms with van der Waals surface area (Å²) in [4.78, 5) is 2.49. The lowest BCUT2D eigenvalue weighted by molar-refractivity contribution is 0.489. The van der Waals surface area contributed by atoms with E-state index in [1.165, 1.54) is 98.1 Å². The maximum absolute atomic E-state index is 7.36. The van der Waals surface area contributed by atoms with Gasteiger partial charge in [0.25, 0.3) is 0 Å². The third kappa shape index (κ3) is 5.42. The SMILES string of the molecule is CC1(C)c2ccccc2-c2ccc(N(c3ccc4c(c3)C3(c5ccccc5-c5ccccc5-4)c4ccccc4-c4c3ccc3sc5ccccc5c43)c3cccc4c3Oc3ccccc3-c3ccccc3-4)cc21. The van der Waals surface area contributed by atoms with E-state index in [-0.39, 0.29) is 5.41 Å². The third-order valence-corrected chi connectivity index (χ3v) is 17.9. The topological polar surface area (TPSA) is 12.5 Å². The summed E-state index contributed by atoms with van der Waals surface area (Å²) in [6.45, 7) is 4.75. The normalized spacial score (nSPS) is 15.5. The van der Waals surface area contributed by atoms with Gasteiger partial charge in [-0.25, -0.2) is 0 Å². The van der Waals surface area contributed by atoms with Crippen molar-refractivity contribution in [1.82, 2.24) is 0 Å². The summed E-state index contributed by atoms with van der Waals surface area (Å²) >= 11 is 1.89. The Balaban J connectivity index is 1.03. The third-order valence-electron chi connectivity index (χ3n) is 16.7. The first-order valence-electron chi connectivity index (χ1n) is 25.4. The van der Waals surface area contributed by atoms with E-state index in [0.717, 1.165) is 50.8 Å². The van der Waals surface area contributed by atoms with E-state index >= 15 is 0 Å². The van der Waals surface area contributed by atoms with E-state index in [4.69, 9.17) is 4.74 Å². The minimum atomic E-state index is -0.695. The minimum absolute atomic E-state index is 0.213. The molecule has 3 heteroatoms. The fourth-order valence-corrected chi connectivity index (χ4v) is 14.8. The average Bonchev–Trinajstić information content (AvgIpc) is 3.98. The zero-order valence-corrected chi connectivity index (χ0v) is 41.1. The van der Waals surface area contributed by atoms with Crippen molar-refractivity contribution >= 4 is 48.6 Å². The van der Waals surface area contributed by atoms with Crippen LogP contribution in [0.5, 0.6) is 11.5 Å². The van der Waals surface area contributed by atoms with Crippen LogP contribution in [0.1, 0.15) is 47.2 Å². The fourth-order valence-electron chi connectivity index (χ4n) is 13.6. The van der Waals surface area contributed by atoms with Gasteiger partial charge in [0.1, 0.15) is 5.75 Å². The molecule has 0 amide bonds. The Hall–Kier alpha value is -8.76. The van der Waals surface area contributed by atoms with Crippen LogP contribution in [-0.2, 0) is 10.8 Å². The second kappa shape index (κ2) is 14.9. The van der Waals surface area contributed by atoms with Crippen LogP contribution >= 0.6 is 11.3 Å². The standard InChI is InChI=1S/C70H45NOS/c1-69(2)56-28-12-7-23-49(56)51-37-35-42(40-60(51)69)71(62-31-17-27-53-47-21-6-5-20-46(47)52-24-10-15-32-63(52)72-68(53)62)43-34-36-50-45-19-4-3-18-44(45)48-22-8-13-29-57(48)70(61(50)41-43)58-30-14-9-25-54(58)66-59(70)38-39-65-67(66)55-26-11-16-33-64(55)73-65/h3-41H,1-2H3. The number of rotatable bonds is 3. The summed E-state index contributed by atoms with van der Waals surface area (Å²) in [6, 6.07) is 88.7. The van der Waals surface area contributed by atoms with Crippen molar-refractivity contribution in [3.8, 4) is 78.3 Å². The number of hydrogen-bond acceptors (Lipinski definition) is 3. The zero-order chi connectivity index (χ0) is 48.2. The van der Waals surface area contributed by atoms with Crippen LogP contribution in [0.2, 0.25) is 0 Å². The van der Waals surface area contributed by atoms with Gasteiger partial charge in [-0.15, -0.1) is 11.3 Å². The first kappa shape index (κ1) is 40.9. The Labute approximate surface area is 428 Å². The van der Waals surface area contributed by atoms with Gasteiger partial charge in [-0.1, -0.05) is 202 Å². The van der Waals surface area contributed by atoms with Gasteiger partial charge < -0.3 is 9.64 Å². The van der Waals surface area contributed by atoms with Crippen LogP contribution in [0, 0.1) is 0 Å². The molecule has 342 valence electrons. The van der Waals surface area contributed by atoms with Crippen LogP contribution in [0.15, 0.2) is 237 Å². The Kier molecular flexibility index (Phi) is 8.35. The maximum Gasteiger partial charge on any atom is 0.159 e. The molecule has 2 heterocycles. The Morgan fingerprint density at radius 2 is 0.863 bits per heavy atom. The van der Waals surface area contributed by atoms with E-state index < -0.39 is 5.41 Å². The zero-order valence-electron chi connectivity index (χ0n) is 40.3. The van der Waals surface area contributed by atoms with E-state index in [9.17, 15) is 0 Å². The minimum Gasteiger partial charge on any atom is -0.454 e. The molecule has 11 aromatic carbocycles. The van der Waals surface area contributed by atoms with Gasteiger partial charge in [-0.2, -0.15) is 0 Å². The Bertz CT molecular complexity index is 4360. The van der Waals surface area contributed by atoms with Gasteiger partial charge >= 0.3 is 0 Å². The molecule has 2 nitrogen and oxygen atoms in total. The van der Waals surface area contributed by atoms with Crippen LogP contribution in [0.25, 0.3) is 86.9 Å². The molecule has 1 atom stereocenters. The molecule has 1 aromatic heterocycles. The van der Waals surface area contributed by atoms with Crippen LogP contribution in [0.3, 0.4) is 0 Å². The van der Waals surface area contributed by atoms with Crippen LogP contribution < -0.4 is 9.64 Å². The van der Waals surface area contributed by atoms with Gasteiger partial charge in [0, 0.05) is 48.1 Å². The molecule has 12 aromatic rings. The van der Waals surface area contributed by atoms with E-state index in [1.807, 2.05) is 11.3 Å². The van der Waals surface area contributed by atoms with Crippen LogP contribution in [0.4, 0.5) is 17.1 Å². The van der Waals surface area contributed by atoms with Crippen molar-refractivity contribution in [2.24, 2.45) is 0 Å². The number of anilines is 3. The first-order valence-corrected chi connectivity index (χ1v) is 26.2. The Morgan fingerprint density at radius 3 is 1.59 bits per heavy atom. The van der Waals surface area contributed by atoms with E-state index in [2.05, 4.69) is 255 Å². The molecular weight excluding hydrogens is 903 g/mol. The molecule has 0 N–H and O–H groups in total. The smallest absolute Gasteiger partial charge is 0.159 e. The molecular formula is C70H45NOS. The first-order chi connectivity index (χ1) is 36.0. The van der Waals surface area contributed by atoms with Crippen molar-refractivity contribution in [3.05, 3.63) is 270 Å². The molecule has 73 heavy (non-hydrogen) atoms. The van der Waals surface area contributed by atoms with Gasteiger partial charge in [-0.05, 0) is 138 Å². The lowest BCUT2D eigenvalue weighted by Gasteiger charge is -2.37. The highest BCUT2D eigenvalue weighted by Crippen LogP contribution is 2.64. The molecule has 0 bridgehead atoms. The summed E-state index contributed by atoms with van der Waals surface area (Å²) in [5.74, 6) is 1.67. The van der Waals surface area contributed by atoms with Crippen molar-refractivity contribution in [2.45, 2.75) is 24.7 Å². The molecule has 0 saturated heterocycles. The quantitative estimate of drug-likeness (QED) is 0.175. The lowest BCUT2D eigenvalue weighted by atomic mass is 9.65. The Morgan fingerprint density at radius 1 is 0.356 bits per heavy atom. The largest absolute Gasteiger partial charge is 0.454 e. The molecule has 1 aliphatic heterocycles. The highest BCUT2D eigenvalue weighted by molar-refractivity contribution is 7.26. The van der Waals surface area contributed by atoms with E-state index in [1.54, 1.807) is 0 Å². The van der Waals surface area contributed by atoms with Gasteiger partial charge in [0.15, 0.2) is 5.75 Å². The monoisotopic (exact) mass is 947 g/mol. The number of benzene rings is 11. The predicted molar refractivity (Wildman–Crippen MR) is 304 cm³/mol. The summed E-state index contributed by atoms with van der Waals surface area (Å²) in [5, 5.41) is 2.65. The fraction of sp³-hybridized carbons (Fsp3) is 0.0571. The van der Waals surface area contributed by atoms with E-state index in [0.29, 0.717) is 0 Å². The van der Waals surface area contributed by atoms with Crippen molar-refractivity contribution in [3.63, 3.8) is 0 Å². The lowest BCUT2D eigenvalue weighted by Crippen LogP contribution is -2.29. The van der Waals surface area contributed by atoms with Crippen molar-refractivity contribution in [2.75, 3.05) is 4.90 Å². The molecule has 1 unspecified atom stereocenters. The van der Waals surface area contributed by atoms with Crippen molar-refractivity contribution in [1.29, 1.82) is 0 Å². The number of nitrogens with zero attached hydrogens (tertiary/aromatic N) is 1. The number of fused-ring (bicyclic) bond motifs is 24. The summed E-state index contributed by atoms with van der Waals surface area (Å²) in [6.07, 6.45) is 0. The van der Waals surface area contributed by atoms with Gasteiger partial charge in [0.2, 0.25) is 0 Å². The predicted octanol–water partition coefficient (Wildman–Crippen LogP) is 19.3. The van der Waals surface area contributed by atoms with Gasteiger partial charge in [-0.3, -0.25) is 0 Å². The molecule has 0 fully saturated rings. The summed E-state index contributed by atoms with van der Waals surface area (Å²) in [7, 11) is 0.